The zero-order chi connectivity index (χ0) is 11.1. The number of methoxy groups -OCH3 is 1. The number of amides is 1. The van der Waals surface area contributed by atoms with Crippen molar-refractivity contribution in [2.24, 2.45) is 0 Å². The highest BCUT2D eigenvalue weighted by atomic mass is 16.5. The quantitative estimate of drug-likeness (QED) is 0.495. The van der Waals surface area contributed by atoms with E-state index in [4.69, 9.17) is 10.2 Å². The summed E-state index contributed by atoms with van der Waals surface area (Å²) in [5.74, 6) is -3.35. The molecule has 0 aliphatic carbocycles. The van der Waals surface area contributed by atoms with Gasteiger partial charge >= 0.3 is 11.9 Å². The Kier molecular flexibility index (Phi) is 5.23. The van der Waals surface area contributed by atoms with E-state index in [2.05, 4.69) is 4.74 Å². The molecule has 0 saturated heterocycles. The number of hydrogen-bond donors (Lipinski definition) is 3. The third kappa shape index (κ3) is 5.09. The van der Waals surface area contributed by atoms with Crippen LogP contribution in [0.4, 0.5) is 0 Å². The first kappa shape index (κ1) is 12.4. The van der Waals surface area contributed by atoms with Crippen molar-refractivity contribution < 1.29 is 29.3 Å². The molecule has 7 heteroatoms. The number of nitrogens with one attached hydrogen (secondary N) is 1. The van der Waals surface area contributed by atoms with Gasteiger partial charge in [-0.25, -0.2) is 4.79 Å². The molecule has 1 amide bonds. The van der Waals surface area contributed by atoms with E-state index in [0.29, 0.717) is 0 Å². The molecule has 0 spiro atoms. The number of ether oxygens (including phenoxy) is 1. The summed E-state index contributed by atoms with van der Waals surface area (Å²) in [4.78, 5) is 31.5. The first-order chi connectivity index (χ1) is 6.47. The lowest BCUT2D eigenvalue weighted by atomic mass is 10.2. The van der Waals surface area contributed by atoms with Gasteiger partial charge < -0.3 is 20.3 Å². The van der Waals surface area contributed by atoms with Crippen LogP contribution in [-0.2, 0) is 19.1 Å². The van der Waals surface area contributed by atoms with Crippen LogP contribution in [0.3, 0.4) is 0 Å². The Labute approximate surface area is 79.7 Å². The molecule has 0 heterocycles. The van der Waals surface area contributed by atoms with Gasteiger partial charge in [-0.3, -0.25) is 9.59 Å². The third-order valence-electron chi connectivity index (χ3n) is 1.29. The molecule has 3 N–H and O–H groups in total. The summed E-state index contributed by atoms with van der Waals surface area (Å²) < 4.78 is 4.44. The SMILES string of the molecule is COCC(=O)N[C@@H](CC(=O)O)C(=O)O. The van der Waals surface area contributed by atoms with Gasteiger partial charge in [0.05, 0.1) is 6.42 Å². The number of carbonyl (C=O) groups is 3. The maximum atomic E-state index is 10.8. The van der Waals surface area contributed by atoms with Crippen LogP contribution < -0.4 is 5.32 Å². The molecule has 0 fully saturated rings. The van der Waals surface area contributed by atoms with Crippen molar-refractivity contribution in [3.05, 3.63) is 0 Å². The fourth-order valence-corrected chi connectivity index (χ4v) is 0.742. The Morgan fingerprint density at radius 1 is 1.36 bits per heavy atom. The van der Waals surface area contributed by atoms with Crippen LogP contribution in [0.2, 0.25) is 0 Å². The predicted molar refractivity (Wildman–Crippen MR) is 43.7 cm³/mol. The lowest BCUT2D eigenvalue weighted by Crippen LogP contribution is -2.43. The Morgan fingerprint density at radius 2 is 1.93 bits per heavy atom. The van der Waals surface area contributed by atoms with Crippen LogP contribution in [0.1, 0.15) is 6.42 Å². The van der Waals surface area contributed by atoms with E-state index in [1.54, 1.807) is 0 Å². The smallest absolute Gasteiger partial charge is 0.326 e. The summed E-state index contributed by atoms with van der Waals surface area (Å²) >= 11 is 0. The molecule has 0 bridgehead atoms. The minimum absolute atomic E-state index is 0.302. The molecule has 14 heavy (non-hydrogen) atoms. The molecular weight excluding hydrogens is 194 g/mol. The number of carboxylic acids is 2. The highest BCUT2D eigenvalue weighted by Gasteiger charge is 2.22. The largest absolute Gasteiger partial charge is 0.481 e. The average Bonchev–Trinajstić information content (AvgIpc) is 2.02. The van der Waals surface area contributed by atoms with Crippen LogP contribution in [0, 0.1) is 0 Å². The van der Waals surface area contributed by atoms with Crippen LogP contribution in [0.25, 0.3) is 0 Å². The van der Waals surface area contributed by atoms with Crippen molar-refractivity contribution in [2.45, 2.75) is 12.5 Å². The van der Waals surface area contributed by atoms with E-state index in [1.807, 2.05) is 5.32 Å². The van der Waals surface area contributed by atoms with Crippen molar-refractivity contribution in [1.29, 1.82) is 0 Å². The number of carboxylic acid groups (broad SMARTS) is 2. The molecule has 0 aliphatic heterocycles. The molecular formula is C7H11NO6. The van der Waals surface area contributed by atoms with Crippen LogP contribution in [0.15, 0.2) is 0 Å². The zero-order valence-electron chi connectivity index (χ0n) is 7.52. The van der Waals surface area contributed by atoms with E-state index in [1.165, 1.54) is 7.11 Å². The van der Waals surface area contributed by atoms with Gasteiger partial charge in [0.25, 0.3) is 0 Å². The third-order valence-corrected chi connectivity index (χ3v) is 1.29. The van der Waals surface area contributed by atoms with Crippen molar-refractivity contribution in [3.63, 3.8) is 0 Å². The molecule has 0 aromatic carbocycles. The van der Waals surface area contributed by atoms with Crippen LogP contribution in [-0.4, -0.2) is 47.8 Å². The highest BCUT2D eigenvalue weighted by molar-refractivity contribution is 5.87. The summed E-state index contributed by atoms with van der Waals surface area (Å²) in [6, 6.07) is -1.42. The molecule has 1 atom stereocenters. The lowest BCUT2D eigenvalue weighted by molar-refractivity contribution is -0.147. The van der Waals surface area contributed by atoms with Crippen molar-refractivity contribution in [2.75, 3.05) is 13.7 Å². The molecule has 0 aromatic rings. The standard InChI is InChI=1S/C7H11NO6/c1-14-3-5(9)8-4(7(12)13)2-6(10)11/h4H,2-3H2,1H3,(H,8,9)(H,10,11)(H,12,13)/t4-/m0/s1. The molecule has 7 nitrogen and oxygen atoms in total. The summed E-state index contributed by atoms with van der Waals surface area (Å²) in [6.45, 7) is -0.302. The second kappa shape index (κ2) is 5.92. The molecule has 0 aliphatic rings. The van der Waals surface area contributed by atoms with Gasteiger partial charge in [-0.05, 0) is 0 Å². The van der Waals surface area contributed by atoms with Crippen molar-refractivity contribution in [1.82, 2.24) is 5.32 Å². The summed E-state index contributed by atoms with van der Waals surface area (Å²) in [5.41, 5.74) is 0. The average molecular weight is 205 g/mol. The monoisotopic (exact) mass is 205 g/mol. The van der Waals surface area contributed by atoms with Crippen molar-refractivity contribution in [3.8, 4) is 0 Å². The topological polar surface area (TPSA) is 113 Å². The Bertz CT molecular complexity index is 238. The maximum Gasteiger partial charge on any atom is 0.326 e. The van der Waals surface area contributed by atoms with E-state index in [0.717, 1.165) is 0 Å². The normalized spacial score (nSPS) is 11.8. The van der Waals surface area contributed by atoms with Crippen molar-refractivity contribution >= 4 is 17.8 Å². The number of hydrogen-bond acceptors (Lipinski definition) is 4. The van der Waals surface area contributed by atoms with Crippen LogP contribution in [0.5, 0.6) is 0 Å². The second-order valence-electron chi connectivity index (χ2n) is 2.49. The Morgan fingerprint density at radius 3 is 2.29 bits per heavy atom. The lowest BCUT2D eigenvalue weighted by Gasteiger charge is -2.11. The first-order valence-electron chi connectivity index (χ1n) is 3.70. The number of carbonyl (C=O) groups excluding carboxylic acids is 1. The summed E-state index contributed by atoms with van der Waals surface area (Å²) in [7, 11) is 1.27. The number of aliphatic carboxylic acids is 2. The van der Waals surface area contributed by atoms with Gasteiger partial charge in [0.1, 0.15) is 12.6 Å². The van der Waals surface area contributed by atoms with E-state index in [-0.39, 0.29) is 6.61 Å². The molecule has 0 aromatic heterocycles. The molecule has 0 unspecified atom stereocenters. The minimum atomic E-state index is -1.42. The van der Waals surface area contributed by atoms with Gasteiger partial charge in [-0.2, -0.15) is 0 Å². The molecule has 0 saturated carbocycles. The Balaban J connectivity index is 4.16. The first-order valence-corrected chi connectivity index (χ1v) is 3.70. The zero-order valence-corrected chi connectivity index (χ0v) is 7.52. The fourth-order valence-electron chi connectivity index (χ4n) is 0.742. The number of rotatable bonds is 6. The molecule has 80 valence electrons. The van der Waals surface area contributed by atoms with Gasteiger partial charge in [0.15, 0.2) is 0 Å². The van der Waals surface area contributed by atoms with Gasteiger partial charge in [-0.15, -0.1) is 0 Å². The highest BCUT2D eigenvalue weighted by Crippen LogP contribution is 1.92. The Hall–Kier alpha value is -1.63. The van der Waals surface area contributed by atoms with E-state index in [9.17, 15) is 14.4 Å². The fraction of sp³-hybridized carbons (Fsp3) is 0.571. The minimum Gasteiger partial charge on any atom is -0.481 e. The summed E-state index contributed by atoms with van der Waals surface area (Å²) in [5, 5.41) is 18.9. The molecule has 0 rings (SSSR count). The van der Waals surface area contributed by atoms with E-state index >= 15 is 0 Å². The van der Waals surface area contributed by atoms with Gasteiger partial charge in [-0.1, -0.05) is 0 Å². The van der Waals surface area contributed by atoms with Gasteiger partial charge in [0, 0.05) is 7.11 Å². The maximum absolute atomic E-state index is 10.8. The van der Waals surface area contributed by atoms with Gasteiger partial charge in [0.2, 0.25) is 5.91 Å². The van der Waals surface area contributed by atoms with Crippen LogP contribution >= 0.6 is 0 Å². The molecule has 0 radical (unpaired) electrons. The summed E-state index contributed by atoms with van der Waals surface area (Å²) in [6.07, 6.45) is -0.662. The van der Waals surface area contributed by atoms with E-state index < -0.39 is 30.3 Å². The second-order valence-corrected chi connectivity index (χ2v) is 2.49. The predicted octanol–water partition coefficient (Wildman–Crippen LogP) is -1.32.